The van der Waals surface area contributed by atoms with E-state index in [1.165, 1.54) is 45.2 Å². The fourth-order valence-corrected chi connectivity index (χ4v) is 0.677. The van der Waals surface area contributed by atoms with Crippen LogP contribution in [0.1, 0.15) is 46.0 Å². The lowest BCUT2D eigenvalue weighted by molar-refractivity contribution is 0.527. The molecule has 1 fully saturated rings. The molecule has 0 spiro atoms. The third kappa shape index (κ3) is 7.96. The van der Waals surface area contributed by atoms with Gasteiger partial charge in [-0.05, 0) is 19.5 Å². The van der Waals surface area contributed by atoms with Gasteiger partial charge in [0.25, 0.3) is 0 Å². The topological polar surface area (TPSA) is 12.0 Å². The van der Waals surface area contributed by atoms with Gasteiger partial charge in [-0.2, -0.15) is 0 Å². The molecule has 0 unspecified atom stereocenters. The minimum absolute atomic E-state index is 1.25. The van der Waals surface area contributed by atoms with Gasteiger partial charge in [0.15, 0.2) is 0 Å². The second-order valence-electron chi connectivity index (χ2n) is 2.81. The third-order valence-corrected chi connectivity index (χ3v) is 1.66. The summed E-state index contributed by atoms with van der Waals surface area (Å²) in [5.41, 5.74) is 0. The molecular formula is C9H21N. The molecule has 1 heteroatoms. The molecule has 0 aromatic carbocycles. The highest BCUT2D eigenvalue weighted by Gasteiger charge is 1.92. The van der Waals surface area contributed by atoms with E-state index in [0.29, 0.717) is 0 Å². The van der Waals surface area contributed by atoms with Crippen molar-refractivity contribution >= 4 is 0 Å². The molecule has 10 heavy (non-hydrogen) atoms. The fourth-order valence-electron chi connectivity index (χ4n) is 0.677. The number of unbranched alkanes of at least 4 members (excludes halogenated alkanes) is 3. The fraction of sp³-hybridized carbons (Fsp3) is 1.00. The minimum atomic E-state index is 1.25. The first-order valence-corrected chi connectivity index (χ1v) is 4.62. The first-order valence-electron chi connectivity index (χ1n) is 4.62. The van der Waals surface area contributed by atoms with Crippen molar-refractivity contribution in [2.75, 3.05) is 13.1 Å². The SMILES string of the molecule is C1CNC1.CCCCCC. The second-order valence-corrected chi connectivity index (χ2v) is 2.81. The second kappa shape index (κ2) is 8.96. The Labute approximate surface area is 65.2 Å². The summed E-state index contributed by atoms with van der Waals surface area (Å²) >= 11 is 0. The van der Waals surface area contributed by atoms with Crippen LogP contribution < -0.4 is 5.32 Å². The van der Waals surface area contributed by atoms with Gasteiger partial charge in [-0.1, -0.05) is 39.5 Å². The van der Waals surface area contributed by atoms with Crippen molar-refractivity contribution in [2.45, 2.75) is 46.0 Å². The molecule has 0 bridgehead atoms. The molecule has 1 saturated heterocycles. The molecule has 0 aromatic heterocycles. The van der Waals surface area contributed by atoms with E-state index in [-0.39, 0.29) is 0 Å². The maximum absolute atomic E-state index is 3.11. The zero-order valence-corrected chi connectivity index (χ0v) is 7.45. The summed E-state index contributed by atoms with van der Waals surface area (Å²) in [6.45, 7) is 6.96. The molecule has 1 nitrogen and oxygen atoms in total. The van der Waals surface area contributed by atoms with Crippen LogP contribution in [0.15, 0.2) is 0 Å². The van der Waals surface area contributed by atoms with Crippen LogP contribution in [0.25, 0.3) is 0 Å². The number of rotatable bonds is 3. The maximum atomic E-state index is 3.11. The van der Waals surface area contributed by atoms with Crippen LogP contribution in [0, 0.1) is 0 Å². The maximum Gasteiger partial charge on any atom is -0.00368 e. The van der Waals surface area contributed by atoms with E-state index in [9.17, 15) is 0 Å². The van der Waals surface area contributed by atoms with Crippen LogP contribution in [-0.2, 0) is 0 Å². The zero-order chi connectivity index (χ0) is 7.66. The highest BCUT2D eigenvalue weighted by atomic mass is 14.9. The molecule has 1 N–H and O–H groups in total. The van der Waals surface area contributed by atoms with Crippen LogP contribution in [0.5, 0.6) is 0 Å². The number of nitrogens with one attached hydrogen (secondary N) is 1. The Balaban J connectivity index is 0.000000172. The summed E-state index contributed by atoms with van der Waals surface area (Å²) in [5.74, 6) is 0. The van der Waals surface area contributed by atoms with E-state index in [4.69, 9.17) is 0 Å². The van der Waals surface area contributed by atoms with E-state index in [0.717, 1.165) is 0 Å². The summed E-state index contributed by atoms with van der Waals surface area (Å²) < 4.78 is 0. The van der Waals surface area contributed by atoms with Crippen molar-refractivity contribution in [1.29, 1.82) is 0 Å². The van der Waals surface area contributed by atoms with Crippen molar-refractivity contribution < 1.29 is 0 Å². The number of hydrogen-bond donors (Lipinski definition) is 1. The van der Waals surface area contributed by atoms with Gasteiger partial charge in [-0.15, -0.1) is 0 Å². The van der Waals surface area contributed by atoms with E-state index >= 15 is 0 Å². The van der Waals surface area contributed by atoms with E-state index in [1.54, 1.807) is 0 Å². The Kier molecular flexibility index (Phi) is 8.92. The van der Waals surface area contributed by atoms with Crippen molar-refractivity contribution in [3.63, 3.8) is 0 Å². The predicted octanol–water partition coefficient (Wildman–Crippen LogP) is 2.57. The molecule has 0 aromatic rings. The number of hydrogen-bond acceptors (Lipinski definition) is 1. The van der Waals surface area contributed by atoms with Crippen molar-refractivity contribution in [3.05, 3.63) is 0 Å². The summed E-state index contributed by atoms with van der Waals surface area (Å²) in [6.07, 6.45) is 6.93. The van der Waals surface area contributed by atoms with Crippen LogP contribution in [0.2, 0.25) is 0 Å². The van der Waals surface area contributed by atoms with Gasteiger partial charge in [-0.25, -0.2) is 0 Å². The molecule has 0 atom stereocenters. The summed E-state index contributed by atoms with van der Waals surface area (Å²) in [5, 5.41) is 3.11. The first-order chi connectivity index (χ1) is 4.91. The molecule has 62 valence electrons. The lowest BCUT2D eigenvalue weighted by atomic mass is 10.2. The Morgan fingerprint density at radius 2 is 1.30 bits per heavy atom. The first kappa shape index (κ1) is 9.96. The monoisotopic (exact) mass is 143 g/mol. The van der Waals surface area contributed by atoms with Crippen LogP contribution in [-0.4, -0.2) is 13.1 Å². The van der Waals surface area contributed by atoms with Gasteiger partial charge in [0.2, 0.25) is 0 Å². The quantitative estimate of drug-likeness (QED) is 0.599. The van der Waals surface area contributed by atoms with Gasteiger partial charge in [0.05, 0.1) is 0 Å². The van der Waals surface area contributed by atoms with Crippen LogP contribution in [0.3, 0.4) is 0 Å². The van der Waals surface area contributed by atoms with Gasteiger partial charge in [0, 0.05) is 0 Å². The van der Waals surface area contributed by atoms with Crippen LogP contribution >= 0.6 is 0 Å². The summed E-state index contributed by atoms with van der Waals surface area (Å²) in [4.78, 5) is 0. The average Bonchev–Trinajstić information content (AvgIpc) is 1.79. The normalized spacial score (nSPS) is 15.0. The smallest absolute Gasteiger partial charge is 0.00368 e. The highest BCUT2D eigenvalue weighted by Crippen LogP contribution is 1.95. The largest absolute Gasteiger partial charge is 0.317 e. The van der Waals surface area contributed by atoms with E-state index in [2.05, 4.69) is 19.2 Å². The Bertz CT molecular complexity index is 40.7. The van der Waals surface area contributed by atoms with Crippen molar-refractivity contribution in [1.82, 2.24) is 5.32 Å². The predicted molar refractivity (Wildman–Crippen MR) is 47.3 cm³/mol. The molecular weight excluding hydrogens is 122 g/mol. The van der Waals surface area contributed by atoms with Gasteiger partial charge >= 0.3 is 0 Å². The molecule has 0 amide bonds. The third-order valence-electron chi connectivity index (χ3n) is 1.66. The van der Waals surface area contributed by atoms with Crippen molar-refractivity contribution in [2.24, 2.45) is 0 Å². The molecule has 0 aliphatic carbocycles. The van der Waals surface area contributed by atoms with Crippen LogP contribution in [0.4, 0.5) is 0 Å². The molecule has 0 radical (unpaired) electrons. The summed E-state index contributed by atoms with van der Waals surface area (Å²) in [6, 6.07) is 0. The van der Waals surface area contributed by atoms with E-state index in [1.807, 2.05) is 0 Å². The Morgan fingerprint density at radius 1 is 1.00 bits per heavy atom. The zero-order valence-electron chi connectivity index (χ0n) is 7.45. The lowest BCUT2D eigenvalue weighted by Crippen LogP contribution is -2.29. The lowest BCUT2D eigenvalue weighted by Gasteiger charge is -2.09. The Hall–Kier alpha value is -0.0400. The summed E-state index contributed by atoms with van der Waals surface area (Å²) in [7, 11) is 0. The average molecular weight is 143 g/mol. The van der Waals surface area contributed by atoms with Gasteiger partial charge < -0.3 is 5.32 Å². The minimum Gasteiger partial charge on any atom is -0.317 e. The molecule has 1 aliphatic rings. The van der Waals surface area contributed by atoms with Gasteiger partial charge in [0.1, 0.15) is 0 Å². The molecule has 1 rings (SSSR count). The van der Waals surface area contributed by atoms with Gasteiger partial charge in [-0.3, -0.25) is 0 Å². The van der Waals surface area contributed by atoms with Crippen molar-refractivity contribution in [3.8, 4) is 0 Å². The standard InChI is InChI=1S/C6H14.C3H7N/c1-3-5-6-4-2;1-2-4-3-1/h3-6H2,1-2H3;4H,1-3H2. The van der Waals surface area contributed by atoms with E-state index < -0.39 is 0 Å². The molecule has 1 aliphatic heterocycles. The molecule has 0 saturated carbocycles. The Morgan fingerprint density at radius 3 is 1.40 bits per heavy atom. The highest BCUT2D eigenvalue weighted by molar-refractivity contribution is 4.56. The molecule has 1 heterocycles.